The van der Waals surface area contributed by atoms with Crippen molar-refractivity contribution in [2.75, 3.05) is 36.9 Å². The van der Waals surface area contributed by atoms with E-state index in [4.69, 9.17) is 19.7 Å². The Balaban J connectivity index is 1.36. The summed E-state index contributed by atoms with van der Waals surface area (Å²) in [6.07, 6.45) is 8.37. The number of hydrogen-bond donors (Lipinski definition) is 2. The minimum atomic E-state index is -0.0319. The summed E-state index contributed by atoms with van der Waals surface area (Å²) in [5, 5.41) is 12.3. The standard InChI is InChI=1S/C23H34N8OS/c1-23(2,3)21-27-18-19(25-15-5-7-17(8-6-15)31-9-11-32-12-10-31)28-22(29-20(18)33-21)26-16-13-24-30(4)14-16/h13-15,17H,5-12H2,1-4H3,(H2,25,26,28,29). The number of morpholine rings is 1. The maximum atomic E-state index is 5.53. The van der Waals surface area contributed by atoms with E-state index in [0.29, 0.717) is 18.0 Å². The number of anilines is 3. The van der Waals surface area contributed by atoms with Gasteiger partial charge in [0.25, 0.3) is 0 Å². The molecule has 0 amide bonds. The molecule has 33 heavy (non-hydrogen) atoms. The topological polar surface area (TPSA) is 93.0 Å². The number of nitrogens with one attached hydrogen (secondary N) is 2. The van der Waals surface area contributed by atoms with Crippen LogP contribution in [-0.2, 0) is 17.2 Å². The summed E-state index contributed by atoms with van der Waals surface area (Å²) in [6.45, 7) is 10.4. The van der Waals surface area contributed by atoms with Gasteiger partial charge in [0.1, 0.15) is 10.5 Å². The Morgan fingerprint density at radius 2 is 1.82 bits per heavy atom. The first kappa shape index (κ1) is 22.5. The molecule has 3 aromatic heterocycles. The second-order valence-electron chi connectivity index (χ2n) is 10.1. The molecule has 4 heterocycles. The van der Waals surface area contributed by atoms with Crippen molar-refractivity contribution < 1.29 is 4.74 Å². The molecule has 0 spiro atoms. The fraction of sp³-hybridized carbons (Fsp3) is 0.652. The first-order chi connectivity index (χ1) is 15.8. The summed E-state index contributed by atoms with van der Waals surface area (Å²) < 4.78 is 7.29. The Labute approximate surface area is 199 Å². The summed E-state index contributed by atoms with van der Waals surface area (Å²) >= 11 is 1.65. The first-order valence-corrected chi connectivity index (χ1v) is 12.7. The molecule has 5 rings (SSSR count). The summed E-state index contributed by atoms with van der Waals surface area (Å²) in [5.41, 5.74) is 1.71. The third-order valence-electron chi connectivity index (χ3n) is 6.46. The van der Waals surface area contributed by atoms with Crippen LogP contribution in [0.2, 0.25) is 0 Å². The van der Waals surface area contributed by atoms with Crippen LogP contribution in [0.1, 0.15) is 51.5 Å². The van der Waals surface area contributed by atoms with Gasteiger partial charge in [-0.05, 0) is 25.7 Å². The van der Waals surface area contributed by atoms with E-state index < -0.39 is 0 Å². The second kappa shape index (κ2) is 9.15. The van der Waals surface area contributed by atoms with Crippen LogP contribution in [0, 0.1) is 0 Å². The lowest BCUT2D eigenvalue weighted by Gasteiger charge is -2.39. The van der Waals surface area contributed by atoms with Gasteiger partial charge in [0.15, 0.2) is 10.6 Å². The Hall–Kier alpha value is -2.30. The van der Waals surface area contributed by atoms with Gasteiger partial charge in [-0.2, -0.15) is 15.1 Å². The van der Waals surface area contributed by atoms with E-state index in [1.807, 2.05) is 13.2 Å². The van der Waals surface area contributed by atoms with Crippen LogP contribution in [0.5, 0.6) is 0 Å². The van der Waals surface area contributed by atoms with Gasteiger partial charge in [0, 0.05) is 43.8 Å². The van der Waals surface area contributed by atoms with Gasteiger partial charge in [-0.1, -0.05) is 32.1 Å². The lowest BCUT2D eigenvalue weighted by atomic mass is 9.90. The Kier molecular flexibility index (Phi) is 6.24. The van der Waals surface area contributed by atoms with Gasteiger partial charge in [-0.25, -0.2) is 4.98 Å². The van der Waals surface area contributed by atoms with Gasteiger partial charge < -0.3 is 15.4 Å². The molecule has 0 bridgehead atoms. The summed E-state index contributed by atoms with van der Waals surface area (Å²) in [7, 11) is 1.90. The van der Waals surface area contributed by atoms with E-state index in [0.717, 1.165) is 66.0 Å². The Morgan fingerprint density at radius 3 is 2.48 bits per heavy atom. The SMILES string of the molecule is Cn1cc(Nc2nc(NC3CCC(N4CCOCC4)CC3)c3nc(C(C)(C)C)sc3n2)cn1. The molecule has 10 heteroatoms. The number of ether oxygens (including phenoxy) is 1. The van der Waals surface area contributed by atoms with E-state index in [2.05, 4.69) is 41.4 Å². The maximum absolute atomic E-state index is 5.53. The highest BCUT2D eigenvalue weighted by molar-refractivity contribution is 7.18. The maximum Gasteiger partial charge on any atom is 0.230 e. The van der Waals surface area contributed by atoms with Crippen LogP contribution < -0.4 is 10.6 Å². The molecule has 0 aromatic carbocycles. The highest BCUT2D eigenvalue weighted by Crippen LogP contribution is 2.35. The number of aryl methyl sites for hydroxylation is 1. The molecule has 1 saturated carbocycles. The van der Waals surface area contributed by atoms with E-state index in [9.17, 15) is 0 Å². The van der Waals surface area contributed by atoms with Crippen LogP contribution >= 0.6 is 11.3 Å². The smallest absolute Gasteiger partial charge is 0.230 e. The normalized spacial score (nSPS) is 22.5. The zero-order valence-corrected chi connectivity index (χ0v) is 20.8. The zero-order valence-electron chi connectivity index (χ0n) is 20.0. The van der Waals surface area contributed by atoms with Gasteiger partial charge >= 0.3 is 0 Å². The molecular weight excluding hydrogens is 436 g/mol. The predicted molar refractivity (Wildman–Crippen MR) is 132 cm³/mol. The van der Waals surface area contributed by atoms with Gasteiger partial charge in [0.05, 0.1) is 25.1 Å². The number of aromatic nitrogens is 5. The summed E-state index contributed by atoms with van der Waals surface area (Å²) in [6, 6.07) is 1.07. The lowest BCUT2D eigenvalue weighted by Crippen LogP contribution is -2.46. The van der Waals surface area contributed by atoms with Crippen molar-refractivity contribution in [3.8, 4) is 0 Å². The Bertz CT molecular complexity index is 1090. The van der Waals surface area contributed by atoms with Gasteiger partial charge in [-0.3, -0.25) is 9.58 Å². The van der Waals surface area contributed by atoms with E-state index in [-0.39, 0.29) is 5.41 Å². The molecule has 1 aliphatic carbocycles. The number of nitrogens with zero attached hydrogens (tertiary/aromatic N) is 6. The molecular formula is C23H34N8OS. The van der Waals surface area contributed by atoms with Crippen molar-refractivity contribution in [2.24, 2.45) is 7.05 Å². The van der Waals surface area contributed by atoms with Crippen molar-refractivity contribution >= 4 is 39.1 Å². The monoisotopic (exact) mass is 470 g/mol. The molecule has 1 saturated heterocycles. The van der Waals surface area contributed by atoms with E-state index >= 15 is 0 Å². The van der Waals surface area contributed by atoms with Crippen LogP contribution in [0.4, 0.5) is 17.5 Å². The fourth-order valence-corrected chi connectivity index (χ4v) is 5.63. The van der Waals surface area contributed by atoms with Crippen LogP contribution in [0.15, 0.2) is 12.4 Å². The van der Waals surface area contributed by atoms with Crippen molar-refractivity contribution in [2.45, 2.75) is 64.0 Å². The average molecular weight is 471 g/mol. The quantitative estimate of drug-likeness (QED) is 0.580. The summed E-state index contributed by atoms with van der Waals surface area (Å²) in [5.74, 6) is 1.40. The predicted octanol–water partition coefficient (Wildman–Crippen LogP) is 3.92. The van der Waals surface area contributed by atoms with E-state index in [1.54, 1.807) is 22.2 Å². The van der Waals surface area contributed by atoms with Crippen LogP contribution in [0.25, 0.3) is 10.3 Å². The minimum Gasteiger partial charge on any atom is -0.379 e. The molecule has 2 fully saturated rings. The molecule has 0 radical (unpaired) electrons. The van der Waals surface area contributed by atoms with Crippen LogP contribution in [-0.4, -0.2) is 68.0 Å². The lowest BCUT2D eigenvalue weighted by molar-refractivity contribution is 0.00791. The average Bonchev–Trinajstić information content (AvgIpc) is 3.41. The third-order valence-corrected chi connectivity index (χ3v) is 7.84. The summed E-state index contributed by atoms with van der Waals surface area (Å²) in [4.78, 5) is 18.1. The van der Waals surface area contributed by atoms with E-state index in [1.165, 1.54) is 12.8 Å². The van der Waals surface area contributed by atoms with Crippen molar-refractivity contribution in [1.82, 2.24) is 29.6 Å². The number of hydrogen-bond acceptors (Lipinski definition) is 9. The number of rotatable bonds is 5. The molecule has 1 aliphatic heterocycles. The number of thiazole rings is 1. The first-order valence-electron chi connectivity index (χ1n) is 11.9. The van der Waals surface area contributed by atoms with Gasteiger partial charge in [0.2, 0.25) is 5.95 Å². The van der Waals surface area contributed by atoms with Crippen molar-refractivity contribution in [1.29, 1.82) is 0 Å². The molecule has 9 nitrogen and oxygen atoms in total. The number of fused-ring (bicyclic) bond motifs is 1. The highest BCUT2D eigenvalue weighted by atomic mass is 32.1. The molecule has 2 N–H and O–H groups in total. The minimum absolute atomic E-state index is 0.0319. The molecule has 2 aliphatic rings. The third kappa shape index (κ3) is 5.12. The van der Waals surface area contributed by atoms with Crippen LogP contribution in [0.3, 0.4) is 0 Å². The molecule has 178 valence electrons. The molecule has 3 aromatic rings. The molecule has 0 atom stereocenters. The largest absolute Gasteiger partial charge is 0.379 e. The fourth-order valence-electron chi connectivity index (χ4n) is 4.64. The highest BCUT2D eigenvalue weighted by Gasteiger charge is 2.28. The van der Waals surface area contributed by atoms with Gasteiger partial charge in [-0.15, -0.1) is 0 Å². The van der Waals surface area contributed by atoms with Crippen molar-refractivity contribution in [3.05, 3.63) is 17.4 Å². The second-order valence-corrected chi connectivity index (χ2v) is 11.1. The zero-order chi connectivity index (χ0) is 23.0. The van der Waals surface area contributed by atoms with Crippen molar-refractivity contribution in [3.63, 3.8) is 0 Å². The Morgan fingerprint density at radius 1 is 1.06 bits per heavy atom. The molecule has 0 unspecified atom stereocenters.